The van der Waals surface area contributed by atoms with Crippen molar-refractivity contribution in [3.63, 3.8) is 0 Å². The number of hydrogen-bond donors (Lipinski definition) is 0. The molecular formula is C14H14O4. The number of ether oxygens (including phenoxy) is 2. The van der Waals surface area contributed by atoms with Crippen LogP contribution in [0.3, 0.4) is 0 Å². The van der Waals surface area contributed by atoms with Gasteiger partial charge in [-0.1, -0.05) is 12.2 Å². The molecule has 0 amide bonds. The van der Waals surface area contributed by atoms with Crippen LogP contribution >= 0.6 is 0 Å². The highest BCUT2D eigenvalue weighted by Crippen LogP contribution is 2.66. The first-order chi connectivity index (χ1) is 8.69. The van der Waals surface area contributed by atoms with E-state index in [2.05, 4.69) is 12.2 Å². The van der Waals surface area contributed by atoms with Crippen molar-refractivity contribution in [2.75, 3.05) is 0 Å². The molecule has 0 radical (unpaired) electrons. The van der Waals surface area contributed by atoms with Crippen molar-refractivity contribution in [1.82, 2.24) is 0 Å². The SMILES string of the molecule is O=C1CC2(CC3OC2C2C4C=CC(C4)C32)C(=O)O1. The van der Waals surface area contributed by atoms with Crippen LogP contribution in [0.25, 0.3) is 0 Å². The number of fused-ring (bicyclic) bond motifs is 10. The van der Waals surface area contributed by atoms with Gasteiger partial charge in [0, 0.05) is 0 Å². The number of carbonyl (C=O) groups excluding carboxylic acids is 2. The number of rotatable bonds is 0. The minimum absolute atomic E-state index is 0.0774. The second-order valence-electron chi connectivity index (χ2n) is 6.50. The summed E-state index contributed by atoms with van der Waals surface area (Å²) < 4.78 is 10.9. The number of cyclic esters (lactones) is 2. The van der Waals surface area contributed by atoms with Crippen molar-refractivity contribution < 1.29 is 19.1 Å². The molecule has 94 valence electrons. The lowest BCUT2D eigenvalue weighted by Crippen LogP contribution is -2.46. The molecule has 7 unspecified atom stereocenters. The average Bonchev–Trinajstić information content (AvgIpc) is 3.07. The van der Waals surface area contributed by atoms with E-state index >= 15 is 0 Å². The molecule has 4 nitrogen and oxygen atoms in total. The predicted molar refractivity (Wildman–Crippen MR) is 59.1 cm³/mol. The summed E-state index contributed by atoms with van der Waals surface area (Å²) >= 11 is 0. The molecule has 5 aliphatic rings. The van der Waals surface area contributed by atoms with E-state index in [1.807, 2.05) is 0 Å². The Morgan fingerprint density at radius 3 is 2.67 bits per heavy atom. The summed E-state index contributed by atoms with van der Waals surface area (Å²) in [5.41, 5.74) is -0.638. The van der Waals surface area contributed by atoms with E-state index in [0.717, 1.165) is 0 Å². The molecule has 4 fully saturated rings. The fraction of sp³-hybridized carbons (Fsp3) is 0.714. The molecular weight excluding hydrogens is 232 g/mol. The zero-order valence-electron chi connectivity index (χ0n) is 9.87. The van der Waals surface area contributed by atoms with Gasteiger partial charge in [0.1, 0.15) is 5.41 Å². The van der Waals surface area contributed by atoms with Gasteiger partial charge in [0.25, 0.3) is 0 Å². The summed E-state index contributed by atoms with van der Waals surface area (Å²) in [5, 5.41) is 0. The molecule has 5 rings (SSSR count). The summed E-state index contributed by atoms with van der Waals surface area (Å²) in [6, 6.07) is 0. The Morgan fingerprint density at radius 2 is 1.94 bits per heavy atom. The zero-order valence-corrected chi connectivity index (χ0v) is 9.87. The fourth-order valence-corrected chi connectivity index (χ4v) is 5.32. The Morgan fingerprint density at radius 1 is 1.17 bits per heavy atom. The fourth-order valence-electron chi connectivity index (χ4n) is 5.32. The molecule has 3 heterocycles. The van der Waals surface area contributed by atoms with Crippen molar-refractivity contribution in [2.24, 2.45) is 29.1 Å². The molecule has 7 atom stereocenters. The highest BCUT2D eigenvalue weighted by Gasteiger charge is 2.72. The van der Waals surface area contributed by atoms with E-state index in [0.29, 0.717) is 30.1 Å². The van der Waals surface area contributed by atoms with Gasteiger partial charge in [-0.2, -0.15) is 0 Å². The Hall–Kier alpha value is -1.16. The topological polar surface area (TPSA) is 52.6 Å². The van der Waals surface area contributed by atoms with E-state index in [4.69, 9.17) is 9.47 Å². The number of carbonyl (C=O) groups is 2. The van der Waals surface area contributed by atoms with Crippen LogP contribution in [0.5, 0.6) is 0 Å². The van der Waals surface area contributed by atoms with Crippen molar-refractivity contribution in [2.45, 2.75) is 31.5 Å². The number of esters is 2. The smallest absolute Gasteiger partial charge is 0.323 e. The molecule has 4 bridgehead atoms. The van der Waals surface area contributed by atoms with Crippen LogP contribution in [0.2, 0.25) is 0 Å². The van der Waals surface area contributed by atoms with Gasteiger partial charge in [0.15, 0.2) is 0 Å². The van der Waals surface area contributed by atoms with Crippen molar-refractivity contribution in [1.29, 1.82) is 0 Å². The van der Waals surface area contributed by atoms with E-state index in [-0.39, 0.29) is 30.6 Å². The van der Waals surface area contributed by atoms with E-state index in [9.17, 15) is 9.59 Å². The van der Waals surface area contributed by atoms with Gasteiger partial charge in [0.2, 0.25) is 0 Å². The Kier molecular flexibility index (Phi) is 1.47. The summed E-state index contributed by atoms with van der Waals surface area (Å²) in [6.45, 7) is 0. The van der Waals surface area contributed by atoms with Gasteiger partial charge in [-0.3, -0.25) is 9.59 Å². The van der Waals surface area contributed by atoms with Crippen LogP contribution in [0.15, 0.2) is 12.2 Å². The Labute approximate surface area is 104 Å². The molecule has 0 aromatic rings. The standard InChI is InChI=1S/C14H14O4/c15-9-5-14(13(16)18-9)4-8-10-6-1-2-7(3-6)11(10)12(14)17-8/h1-2,6-8,10-12H,3-5H2. The predicted octanol–water partition coefficient (Wildman–Crippen LogP) is 1.06. The Bertz CT molecular complexity index is 510. The summed E-state index contributed by atoms with van der Waals surface area (Å²) in [5.74, 6) is 1.52. The van der Waals surface area contributed by atoms with Gasteiger partial charge in [-0.05, 0) is 36.5 Å². The van der Waals surface area contributed by atoms with Crippen molar-refractivity contribution in [3.8, 4) is 0 Å². The molecule has 3 saturated heterocycles. The number of allylic oxidation sites excluding steroid dienone is 2. The third kappa shape index (κ3) is 0.850. The lowest BCUT2D eigenvalue weighted by atomic mass is 9.62. The summed E-state index contributed by atoms with van der Waals surface area (Å²) in [4.78, 5) is 23.5. The van der Waals surface area contributed by atoms with Gasteiger partial charge in [0.05, 0.1) is 18.6 Å². The normalized spacial score (nSPS) is 58.9. The van der Waals surface area contributed by atoms with Gasteiger partial charge in [-0.25, -0.2) is 0 Å². The Balaban J connectivity index is 1.59. The van der Waals surface area contributed by atoms with Crippen LogP contribution in [0.1, 0.15) is 19.3 Å². The van der Waals surface area contributed by atoms with Gasteiger partial charge >= 0.3 is 11.9 Å². The molecule has 18 heavy (non-hydrogen) atoms. The molecule has 1 saturated carbocycles. The largest absolute Gasteiger partial charge is 0.393 e. The average molecular weight is 246 g/mol. The molecule has 2 aliphatic carbocycles. The second kappa shape index (κ2) is 2.72. The summed E-state index contributed by atoms with van der Waals surface area (Å²) in [7, 11) is 0. The van der Waals surface area contributed by atoms with Gasteiger partial charge < -0.3 is 9.47 Å². The minimum atomic E-state index is -0.638. The van der Waals surface area contributed by atoms with E-state index < -0.39 is 5.41 Å². The van der Waals surface area contributed by atoms with Crippen LogP contribution in [0, 0.1) is 29.1 Å². The lowest BCUT2D eigenvalue weighted by Gasteiger charge is -2.37. The molecule has 3 aliphatic heterocycles. The maximum Gasteiger partial charge on any atom is 0.323 e. The first-order valence-electron chi connectivity index (χ1n) is 6.78. The third-order valence-corrected chi connectivity index (χ3v) is 5.87. The third-order valence-electron chi connectivity index (χ3n) is 5.87. The number of hydrogen-bond acceptors (Lipinski definition) is 4. The molecule has 0 N–H and O–H groups in total. The molecule has 0 aromatic carbocycles. The van der Waals surface area contributed by atoms with Crippen LogP contribution < -0.4 is 0 Å². The monoisotopic (exact) mass is 246 g/mol. The van der Waals surface area contributed by atoms with E-state index in [1.54, 1.807) is 0 Å². The summed E-state index contributed by atoms with van der Waals surface area (Å²) in [6.07, 6.45) is 6.83. The molecule has 1 spiro atoms. The van der Waals surface area contributed by atoms with Crippen molar-refractivity contribution >= 4 is 11.9 Å². The molecule has 4 heteroatoms. The van der Waals surface area contributed by atoms with Crippen LogP contribution in [-0.2, 0) is 19.1 Å². The first kappa shape index (κ1) is 9.73. The minimum Gasteiger partial charge on any atom is -0.393 e. The zero-order chi connectivity index (χ0) is 12.1. The second-order valence-corrected chi connectivity index (χ2v) is 6.50. The van der Waals surface area contributed by atoms with Gasteiger partial charge in [-0.15, -0.1) is 0 Å². The lowest BCUT2D eigenvalue weighted by molar-refractivity contribution is -0.157. The highest BCUT2D eigenvalue weighted by molar-refractivity contribution is 5.98. The first-order valence-corrected chi connectivity index (χ1v) is 6.78. The molecule has 0 aromatic heterocycles. The highest BCUT2D eigenvalue weighted by atomic mass is 16.6. The maximum atomic E-state index is 12.1. The van der Waals surface area contributed by atoms with Crippen LogP contribution in [0.4, 0.5) is 0 Å². The van der Waals surface area contributed by atoms with Crippen LogP contribution in [-0.4, -0.2) is 24.1 Å². The van der Waals surface area contributed by atoms with Crippen molar-refractivity contribution in [3.05, 3.63) is 12.2 Å². The quantitative estimate of drug-likeness (QED) is 0.364. The van der Waals surface area contributed by atoms with E-state index in [1.165, 1.54) is 6.42 Å². The maximum absolute atomic E-state index is 12.1.